The number of aromatic nitrogens is 1. The number of hydrogen-bond acceptors (Lipinski definition) is 22. The number of aliphatic hydroxyl groups is 1. The molecule has 43 heteroatoms. The molecule has 0 unspecified atom stereocenters. The molecule has 1 aromatic heterocycles. The molecular weight excluding hydrogens is 1780 g/mol. The fraction of sp³-hybridized carbons (Fsp3) is 0.467. The van der Waals surface area contributed by atoms with Crippen molar-refractivity contribution in [1.29, 1.82) is 0 Å². The number of likely N-dealkylation sites (N-methyl/N-ethyl adjacent to an activating group) is 3. The molecule has 18 N–H and O–H groups in total. The van der Waals surface area contributed by atoms with Crippen LogP contribution in [0.5, 0.6) is 5.75 Å². The molecule has 14 atom stereocenters. The van der Waals surface area contributed by atoms with Crippen molar-refractivity contribution in [3.8, 4) is 5.75 Å². The Morgan fingerprint density at radius 2 is 1.10 bits per heavy atom. The Bertz CT molecular complexity index is 5240. The van der Waals surface area contributed by atoms with Crippen LogP contribution < -0.4 is 59.3 Å². The number of halogens is 3. The first-order valence-corrected chi connectivity index (χ1v) is 45.3. The number of carbonyl (C=O) groups excluding carboxylic acids is 15. The highest BCUT2D eigenvalue weighted by atomic mass is 32.2. The number of amides is 15. The van der Waals surface area contributed by atoms with Crippen molar-refractivity contribution in [2.75, 3.05) is 72.0 Å². The molecule has 0 saturated carbocycles. The van der Waals surface area contributed by atoms with Crippen LogP contribution in [0.3, 0.4) is 0 Å². The molecule has 135 heavy (non-hydrogen) atoms. The third-order valence-electron chi connectivity index (χ3n) is 23.6. The zero-order chi connectivity index (χ0) is 98.6. The number of carboxylic acids is 2. The second kappa shape index (κ2) is 50.0. The van der Waals surface area contributed by atoms with Gasteiger partial charge in [-0.2, -0.15) is 0 Å². The molecule has 0 spiro atoms. The maximum absolute atomic E-state index is 15.7. The number of aliphatic carboxylic acids is 2. The van der Waals surface area contributed by atoms with E-state index in [2.05, 4.69) is 52.8 Å². The molecule has 15 amide bonds. The van der Waals surface area contributed by atoms with Crippen LogP contribution in [-0.4, -0.2) is 307 Å². The highest BCUT2D eigenvalue weighted by Crippen LogP contribution is 2.28. The van der Waals surface area contributed by atoms with Crippen LogP contribution in [0.15, 0.2) is 128 Å². The second-order valence-corrected chi connectivity index (χ2v) is 34.9. The van der Waals surface area contributed by atoms with Gasteiger partial charge in [-0.05, 0) is 96.3 Å². The number of phenolic OH excluding ortho intramolecular Hbond substituents is 1. The largest absolute Gasteiger partial charge is 0.508 e. The number of aromatic hydroxyl groups is 1. The van der Waals surface area contributed by atoms with Crippen LogP contribution in [0.25, 0.3) is 10.9 Å². The number of para-hydroxylation sites is 1. The van der Waals surface area contributed by atoms with Crippen LogP contribution in [-0.2, 0) is 118 Å². The Hall–Kier alpha value is -13.6. The van der Waals surface area contributed by atoms with Gasteiger partial charge in [0.2, 0.25) is 88.6 Å². The predicted octanol–water partition coefficient (Wildman–Crippen LogP) is -0.374. The summed E-state index contributed by atoms with van der Waals surface area (Å²) in [6, 6.07) is 6.93. The monoisotopic (exact) mass is 1900 g/mol. The van der Waals surface area contributed by atoms with Gasteiger partial charge in [-0.3, -0.25) is 81.5 Å². The number of carbonyl (C=O) groups is 17. The summed E-state index contributed by atoms with van der Waals surface area (Å²) < 4.78 is 50.9. The van der Waals surface area contributed by atoms with Crippen LogP contribution >= 0.6 is 11.8 Å². The summed E-state index contributed by atoms with van der Waals surface area (Å²) in [5, 5.41) is 65.8. The Labute approximate surface area is 780 Å². The molecule has 728 valence electrons. The Morgan fingerprint density at radius 1 is 0.548 bits per heavy atom. The number of nitrogens with one attached hydrogen (secondary N) is 10. The van der Waals surface area contributed by atoms with Gasteiger partial charge in [0.05, 0.1) is 38.0 Å². The van der Waals surface area contributed by atoms with Crippen molar-refractivity contribution >= 4 is 123 Å². The van der Waals surface area contributed by atoms with Gasteiger partial charge in [0.15, 0.2) is 17.5 Å². The van der Waals surface area contributed by atoms with Gasteiger partial charge in [-0.25, -0.2) is 13.2 Å². The van der Waals surface area contributed by atoms with Gasteiger partial charge in [0.25, 0.3) is 0 Å². The smallest absolute Gasteiger partial charge is 0.305 e. The first kappa shape index (κ1) is 105. The number of nitrogens with two attached hydrogens (primary N) is 2. The van der Waals surface area contributed by atoms with Crippen LogP contribution in [0.4, 0.5) is 13.2 Å². The van der Waals surface area contributed by atoms with E-state index in [1.54, 1.807) is 98.0 Å². The summed E-state index contributed by atoms with van der Waals surface area (Å²) in [6.45, 7) is 2.06. The Kier molecular flexibility index (Phi) is 38.9. The number of primary amides is 1. The molecule has 9 rings (SSSR count). The van der Waals surface area contributed by atoms with Crippen LogP contribution in [0.1, 0.15) is 106 Å². The molecule has 0 aliphatic carbocycles. The van der Waals surface area contributed by atoms with Crippen molar-refractivity contribution in [1.82, 2.24) is 77.3 Å². The molecule has 0 radical (unpaired) electrons. The van der Waals surface area contributed by atoms with Crippen LogP contribution in [0, 0.1) is 23.4 Å². The SMILES string of the molecule is CCCC[C@H]1C(=O)N2C[C@@H](O)C[C@@H]2C(=O)N[C@@H](CC(=O)O)C(=O)N[C@@H](C(C)C)C(=O)N(C)[C@@H](Cc2ccccc2)C(=O)N[C@@H](CCC(=O)O)C(=O)N2CCOC[C@@H]2C(=O)N[C@H](Cc2c[nH]c3ccccc23)C(=O)N[C@@H](Cc2ccc(O)cc2)C(=O)N[C@@H](CCCN)C(=O)N[C@H](C(=O)NCC(N)=O)CSCC(=O)N[C@@H](Cc2cc(F)c(F)c(F)c2)C(=O)N(C)[C@@H](Cc2ccccc2)C(=O)N1C. The number of unbranched alkanes of at least 4 members (excludes halogenated alkanes) is 1. The minimum absolute atomic E-state index is 0.000215. The number of aliphatic hydroxyl groups excluding tert-OH is 1. The molecule has 4 heterocycles. The van der Waals surface area contributed by atoms with Crippen molar-refractivity contribution in [2.45, 2.75) is 195 Å². The summed E-state index contributed by atoms with van der Waals surface area (Å²) in [4.78, 5) is 258. The molecule has 39 nitrogen and oxygen atoms in total. The number of hydrogen-bond donors (Lipinski definition) is 16. The number of morpholine rings is 1. The van der Waals surface area contributed by atoms with Gasteiger partial charge in [-0.1, -0.05) is 125 Å². The fourth-order valence-electron chi connectivity index (χ4n) is 16.1. The quantitative estimate of drug-likeness (QED) is 0.0325. The maximum Gasteiger partial charge on any atom is 0.305 e. The van der Waals surface area contributed by atoms with Crippen molar-refractivity contribution < 1.29 is 120 Å². The number of phenols is 1. The van der Waals surface area contributed by atoms with E-state index in [4.69, 9.17) is 16.2 Å². The standard InChI is InChI=1S/C92H116F3N17O22S/c1-7-8-25-69-91(132)112-46-57(114)42-71(112)86(127)105-66(43-77(119)120)84(125)107-79(50(2)3)92(133)109(5)70(39-51-18-11-9-12-19-51)85(126)102-63(30-31-76(117)118)89(130)111-33-34-134-47-73(111)87(128)104-65(41-55-44-98-61-23-16-15-22-58(55)61)83(124)103-64(37-53-26-28-56(113)29-27-53)82(123)101-62(24-17-32-96)81(122)106-68(80(121)99-45-74(97)115)48-135-49-75(116)100-67(38-54-35-59(93)78(95)60(94)36-54)88(129)110(6)72(90(131)108(69)4)40-52-20-13-10-14-21-52/h9-16,18-23,26-29,35-36,44,50,57,62-73,79,98,113-114H,7-8,17,24-25,30-34,37-43,45-49,96H2,1-6H3,(H2,97,115)(H,99,121)(H,100,116)(H,101,123)(H,102,126)(H,103,124)(H,104,128)(H,105,127)(H,106,122)(H,107,125)(H,117,118)(H,119,120)/t57-,62-,63-,64-,65+,66-,67-,68-,69-,70-,71+,72-,73+,79-/m0/s1. The number of aromatic amines is 1. The van der Waals surface area contributed by atoms with Gasteiger partial charge in [-0.15, -0.1) is 11.8 Å². The average molecular weight is 1900 g/mol. The van der Waals surface area contributed by atoms with Gasteiger partial charge in [0.1, 0.15) is 84.3 Å². The minimum atomic E-state index is -2.07. The topological polar surface area (TPSA) is 573 Å². The molecule has 6 aromatic rings. The Balaban J connectivity index is 1.14. The number of benzene rings is 5. The number of H-pyrrole nitrogens is 1. The Morgan fingerprint density at radius 3 is 1.73 bits per heavy atom. The molecule has 3 aliphatic heterocycles. The molecular formula is C92H116F3N17O22S. The number of rotatable bonds is 25. The lowest BCUT2D eigenvalue weighted by atomic mass is 9.98. The van der Waals surface area contributed by atoms with E-state index in [1.807, 2.05) is 0 Å². The minimum Gasteiger partial charge on any atom is -0.508 e. The van der Waals surface area contributed by atoms with E-state index in [0.717, 1.165) is 31.5 Å². The molecule has 3 aliphatic rings. The zero-order valence-electron chi connectivity index (χ0n) is 75.4. The highest BCUT2D eigenvalue weighted by molar-refractivity contribution is 8.00. The predicted molar refractivity (Wildman–Crippen MR) is 483 cm³/mol. The van der Waals surface area contributed by atoms with Gasteiger partial charge < -0.3 is 114 Å². The average Bonchev–Trinajstić information content (AvgIpc) is 1.62. The van der Waals surface area contributed by atoms with E-state index in [9.17, 15) is 63.2 Å². The zero-order valence-corrected chi connectivity index (χ0v) is 76.2. The van der Waals surface area contributed by atoms with Gasteiger partial charge in [0, 0.05) is 102 Å². The molecule has 5 aromatic carbocycles. The van der Waals surface area contributed by atoms with E-state index in [0.29, 0.717) is 63.5 Å². The number of ether oxygens (including phenoxy) is 1. The first-order valence-electron chi connectivity index (χ1n) is 44.2. The summed E-state index contributed by atoms with van der Waals surface area (Å²) in [6.07, 6.45) is -5.09. The lowest BCUT2D eigenvalue weighted by molar-refractivity contribution is -0.152. The lowest BCUT2D eigenvalue weighted by Crippen LogP contribution is -2.64. The van der Waals surface area contributed by atoms with E-state index >= 15 is 51.9 Å². The third kappa shape index (κ3) is 29.5. The summed E-state index contributed by atoms with van der Waals surface area (Å²) >= 11 is 0.630. The fourth-order valence-corrected chi connectivity index (χ4v) is 17.0. The van der Waals surface area contributed by atoms with Crippen molar-refractivity contribution in [3.63, 3.8) is 0 Å². The highest BCUT2D eigenvalue weighted by Gasteiger charge is 2.48. The van der Waals surface area contributed by atoms with Crippen molar-refractivity contribution in [3.05, 3.63) is 173 Å². The van der Waals surface area contributed by atoms with Gasteiger partial charge >= 0.3 is 11.9 Å². The molecule has 0 bridgehead atoms. The normalized spacial score (nSPS) is 24.0. The lowest BCUT2D eigenvalue weighted by Gasteiger charge is -2.38. The summed E-state index contributed by atoms with van der Waals surface area (Å²) in [5.41, 5.74) is 13.2. The third-order valence-corrected chi connectivity index (χ3v) is 24.6. The molecule has 3 fully saturated rings. The van der Waals surface area contributed by atoms with Crippen LogP contribution in [0.2, 0.25) is 0 Å². The summed E-state index contributed by atoms with van der Waals surface area (Å²) in [5.74, 6) is -26.9. The maximum atomic E-state index is 15.7. The molecule has 3 saturated heterocycles. The van der Waals surface area contributed by atoms with E-state index in [-0.39, 0.29) is 63.8 Å². The number of thioether (sulfide) groups is 1. The van der Waals surface area contributed by atoms with E-state index < -0.39 is 290 Å². The van der Waals surface area contributed by atoms with Crippen molar-refractivity contribution in [2.24, 2.45) is 17.4 Å². The number of fused-ring (bicyclic) bond motifs is 3. The van der Waals surface area contributed by atoms with E-state index in [1.165, 1.54) is 52.2 Å². The summed E-state index contributed by atoms with van der Waals surface area (Å²) in [7, 11) is 3.56. The number of carboxylic acid groups (broad SMARTS) is 2. The first-order chi connectivity index (χ1) is 64.2. The second-order valence-electron chi connectivity index (χ2n) is 33.8. The number of nitrogens with zero attached hydrogens (tertiary/aromatic N) is 5.